The second-order valence-electron chi connectivity index (χ2n) is 5.46. The van der Waals surface area contributed by atoms with E-state index in [1.807, 2.05) is 0 Å². The standard InChI is InChI=1S/C16H19NO4/c1-10(18)11-6-8-12(9-7-11)17-15(19)13-4-2-3-5-14(13)16(20)21/h6-9,13-14H,2-5H2,1H3,(H,17,19)(H,20,21)/t13-,14+/m0/s1. The Kier molecular flexibility index (Phi) is 4.73. The Labute approximate surface area is 123 Å². The number of nitrogens with one attached hydrogen (secondary N) is 1. The van der Waals surface area contributed by atoms with Gasteiger partial charge in [-0.05, 0) is 44.0 Å². The van der Waals surface area contributed by atoms with Crippen LogP contribution in [0.4, 0.5) is 5.69 Å². The van der Waals surface area contributed by atoms with Crippen LogP contribution in [0.5, 0.6) is 0 Å². The number of Topliss-reactive ketones (excluding diaryl/α,β-unsaturated/α-hetero) is 1. The Hall–Kier alpha value is -2.17. The molecule has 0 bridgehead atoms. The number of ketones is 1. The summed E-state index contributed by atoms with van der Waals surface area (Å²) in [5, 5.41) is 12.0. The minimum Gasteiger partial charge on any atom is -0.481 e. The van der Waals surface area contributed by atoms with E-state index >= 15 is 0 Å². The predicted molar refractivity (Wildman–Crippen MR) is 78.2 cm³/mol. The molecular formula is C16H19NO4. The van der Waals surface area contributed by atoms with Gasteiger partial charge in [-0.2, -0.15) is 0 Å². The van der Waals surface area contributed by atoms with Gasteiger partial charge in [0.15, 0.2) is 5.78 Å². The number of hydrogen-bond donors (Lipinski definition) is 2. The third-order valence-electron chi connectivity index (χ3n) is 3.98. The molecule has 2 rings (SSSR count). The number of carboxylic acid groups (broad SMARTS) is 1. The molecule has 2 N–H and O–H groups in total. The number of aliphatic carboxylic acids is 1. The minimum absolute atomic E-state index is 0.0360. The zero-order chi connectivity index (χ0) is 15.4. The van der Waals surface area contributed by atoms with Crippen LogP contribution in [0, 0.1) is 11.8 Å². The SMILES string of the molecule is CC(=O)c1ccc(NC(=O)[C@H]2CCCC[C@H]2C(=O)O)cc1. The van der Waals surface area contributed by atoms with Crippen LogP contribution in [0.25, 0.3) is 0 Å². The van der Waals surface area contributed by atoms with Crippen molar-refractivity contribution in [2.75, 3.05) is 5.32 Å². The maximum absolute atomic E-state index is 12.3. The number of rotatable bonds is 4. The topological polar surface area (TPSA) is 83.5 Å². The average Bonchev–Trinajstić information content (AvgIpc) is 2.47. The number of anilines is 1. The third kappa shape index (κ3) is 3.68. The fourth-order valence-corrected chi connectivity index (χ4v) is 2.76. The van der Waals surface area contributed by atoms with Gasteiger partial charge in [0.2, 0.25) is 5.91 Å². The zero-order valence-corrected chi connectivity index (χ0v) is 12.0. The van der Waals surface area contributed by atoms with Crippen LogP contribution in [-0.2, 0) is 9.59 Å². The van der Waals surface area contributed by atoms with E-state index < -0.39 is 17.8 Å². The molecule has 5 heteroatoms. The van der Waals surface area contributed by atoms with Crippen LogP contribution >= 0.6 is 0 Å². The molecule has 0 unspecified atom stereocenters. The highest BCUT2D eigenvalue weighted by Crippen LogP contribution is 2.31. The van der Waals surface area contributed by atoms with Crippen LogP contribution in [0.1, 0.15) is 43.0 Å². The van der Waals surface area contributed by atoms with E-state index in [1.54, 1.807) is 24.3 Å². The summed E-state index contributed by atoms with van der Waals surface area (Å²) >= 11 is 0. The second kappa shape index (κ2) is 6.52. The van der Waals surface area contributed by atoms with Crippen molar-refractivity contribution in [3.63, 3.8) is 0 Å². The molecule has 1 fully saturated rings. The van der Waals surface area contributed by atoms with E-state index in [9.17, 15) is 19.5 Å². The number of carboxylic acids is 1. The second-order valence-corrected chi connectivity index (χ2v) is 5.46. The Morgan fingerprint density at radius 1 is 1.05 bits per heavy atom. The van der Waals surface area contributed by atoms with Crippen LogP contribution in [0.15, 0.2) is 24.3 Å². The fourth-order valence-electron chi connectivity index (χ4n) is 2.76. The van der Waals surface area contributed by atoms with Gasteiger partial charge in [-0.25, -0.2) is 0 Å². The van der Waals surface area contributed by atoms with Crippen molar-refractivity contribution in [1.29, 1.82) is 0 Å². The fraction of sp³-hybridized carbons (Fsp3) is 0.438. The molecule has 5 nitrogen and oxygen atoms in total. The van der Waals surface area contributed by atoms with E-state index in [1.165, 1.54) is 6.92 Å². The summed E-state index contributed by atoms with van der Waals surface area (Å²) < 4.78 is 0. The van der Waals surface area contributed by atoms with E-state index in [4.69, 9.17) is 0 Å². The van der Waals surface area contributed by atoms with Gasteiger partial charge < -0.3 is 10.4 Å². The highest BCUT2D eigenvalue weighted by Gasteiger charge is 2.35. The highest BCUT2D eigenvalue weighted by molar-refractivity contribution is 5.97. The van der Waals surface area contributed by atoms with Gasteiger partial charge in [0.1, 0.15) is 0 Å². The van der Waals surface area contributed by atoms with E-state index in [0.717, 1.165) is 12.8 Å². The number of carbonyl (C=O) groups excluding carboxylic acids is 2. The molecule has 1 aliphatic rings. The first-order chi connectivity index (χ1) is 9.99. The van der Waals surface area contributed by atoms with Gasteiger partial charge in [-0.15, -0.1) is 0 Å². The molecular weight excluding hydrogens is 270 g/mol. The van der Waals surface area contributed by atoms with Crippen LogP contribution in [-0.4, -0.2) is 22.8 Å². The Balaban J connectivity index is 2.05. The van der Waals surface area contributed by atoms with Crippen LogP contribution in [0.2, 0.25) is 0 Å². The van der Waals surface area contributed by atoms with Crippen molar-refractivity contribution < 1.29 is 19.5 Å². The van der Waals surface area contributed by atoms with Crippen molar-refractivity contribution >= 4 is 23.3 Å². The Bertz CT molecular complexity index is 550. The summed E-state index contributed by atoms with van der Waals surface area (Å²) in [6.07, 6.45) is 2.89. The molecule has 0 radical (unpaired) electrons. The lowest BCUT2D eigenvalue weighted by atomic mass is 9.78. The van der Waals surface area contributed by atoms with Gasteiger partial charge in [-0.3, -0.25) is 14.4 Å². The first-order valence-corrected chi connectivity index (χ1v) is 7.13. The molecule has 112 valence electrons. The van der Waals surface area contributed by atoms with E-state index in [2.05, 4.69) is 5.32 Å². The van der Waals surface area contributed by atoms with Crippen LogP contribution < -0.4 is 5.32 Å². The lowest BCUT2D eigenvalue weighted by molar-refractivity contribution is -0.147. The maximum atomic E-state index is 12.3. The smallest absolute Gasteiger partial charge is 0.307 e. The Morgan fingerprint density at radius 2 is 1.62 bits per heavy atom. The lowest BCUT2D eigenvalue weighted by Gasteiger charge is -2.27. The first-order valence-electron chi connectivity index (χ1n) is 7.13. The number of amides is 1. The average molecular weight is 289 g/mol. The summed E-state index contributed by atoms with van der Waals surface area (Å²) in [7, 11) is 0. The quantitative estimate of drug-likeness (QED) is 0.835. The normalized spacial score (nSPS) is 21.6. The molecule has 0 spiro atoms. The minimum atomic E-state index is -0.901. The summed E-state index contributed by atoms with van der Waals surface area (Å²) in [4.78, 5) is 34.7. The van der Waals surface area contributed by atoms with Crippen molar-refractivity contribution in [3.8, 4) is 0 Å². The third-order valence-corrected chi connectivity index (χ3v) is 3.98. The summed E-state index contributed by atoms with van der Waals surface area (Å²) in [5.74, 6) is -2.27. The molecule has 1 aromatic carbocycles. The van der Waals surface area contributed by atoms with Crippen molar-refractivity contribution in [1.82, 2.24) is 0 Å². The molecule has 0 heterocycles. The molecule has 1 aliphatic carbocycles. The summed E-state index contributed by atoms with van der Waals surface area (Å²) in [6, 6.07) is 6.61. The van der Waals surface area contributed by atoms with Gasteiger partial charge in [0, 0.05) is 11.3 Å². The molecule has 0 aliphatic heterocycles. The van der Waals surface area contributed by atoms with Crippen molar-refractivity contribution in [3.05, 3.63) is 29.8 Å². The van der Waals surface area contributed by atoms with Gasteiger partial charge in [0.05, 0.1) is 11.8 Å². The molecule has 1 amide bonds. The molecule has 1 aromatic rings. The predicted octanol–water partition coefficient (Wildman–Crippen LogP) is 2.72. The number of carbonyl (C=O) groups is 3. The number of hydrogen-bond acceptors (Lipinski definition) is 3. The molecule has 0 aromatic heterocycles. The molecule has 21 heavy (non-hydrogen) atoms. The highest BCUT2D eigenvalue weighted by atomic mass is 16.4. The molecule has 1 saturated carbocycles. The zero-order valence-electron chi connectivity index (χ0n) is 12.0. The first kappa shape index (κ1) is 15.2. The van der Waals surface area contributed by atoms with Gasteiger partial charge in [-0.1, -0.05) is 12.8 Å². The summed E-state index contributed by atoms with van der Waals surface area (Å²) in [6.45, 7) is 1.48. The van der Waals surface area contributed by atoms with E-state index in [0.29, 0.717) is 24.1 Å². The number of benzene rings is 1. The van der Waals surface area contributed by atoms with Crippen LogP contribution in [0.3, 0.4) is 0 Å². The van der Waals surface area contributed by atoms with Gasteiger partial charge in [0.25, 0.3) is 0 Å². The monoisotopic (exact) mass is 289 g/mol. The van der Waals surface area contributed by atoms with E-state index in [-0.39, 0.29) is 11.7 Å². The largest absolute Gasteiger partial charge is 0.481 e. The van der Waals surface area contributed by atoms with Gasteiger partial charge >= 0.3 is 5.97 Å². The molecule has 0 saturated heterocycles. The molecule has 2 atom stereocenters. The summed E-state index contributed by atoms with van der Waals surface area (Å²) in [5.41, 5.74) is 1.16. The van der Waals surface area contributed by atoms with Crippen molar-refractivity contribution in [2.24, 2.45) is 11.8 Å². The van der Waals surface area contributed by atoms with Crippen molar-refractivity contribution in [2.45, 2.75) is 32.6 Å². The maximum Gasteiger partial charge on any atom is 0.307 e. The lowest BCUT2D eigenvalue weighted by Crippen LogP contribution is -2.36. The Morgan fingerprint density at radius 3 is 2.14 bits per heavy atom.